The average molecular weight is 467 g/mol. The molecule has 0 heterocycles. The molecule has 0 fully saturated rings. The van der Waals surface area contributed by atoms with Crippen LogP contribution in [0.3, 0.4) is 0 Å². The highest BCUT2D eigenvalue weighted by Gasteiger charge is 2.28. The Morgan fingerprint density at radius 2 is 1.61 bits per heavy atom. The maximum atomic E-state index is 13.1. The zero-order chi connectivity index (χ0) is 23.0. The zero-order valence-corrected chi connectivity index (χ0v) is 19.7. The van der Waals surface area contributed by atoms with Gasteiger partial charge in [0.15, 0.2) is 6.61 Å². The first kappa shape index (κ1) is 24.8. The first-order chi connectivity index (χ1) is 14.8. The Kier molecular flexibility index (Phi) is 9.46. The molecule has 0 saturated carbocycles. The minimum absolute atomic E-state index is 0.00801. The Hall–Kier alpha value is -2.44. The van der Waals surface area contributed by atoms with E-state index >= 15 is 0 Å². The van der Waals surface area contributed by atoms with E-state index in [9.17, 15) is 9.59 Å². The Labute approximate surface area is 193 Å². The molecule has 0 bridgehead atoms. The number of carbonyl (C=O) groups excluding carboxylic acids is 2. The maximum absolute atomic E-state index is 13.1. The van der Waals surface area contributed by atoms with Crippen molar-refractivity contribution in [3.05, 3.63) is 58.1 Å². The number of carbonyl (C=O) groups is 2. The van der Waals surface area contributed by atoms with Gasteiger partial charge in [-0.2, -0.15) is 0 Å². The normalized spacial score (nSPS) is 12.6. The minimum atomic E-state index is -0.742. The molecule has 2 aromatic rings. The second-order valence-corrected chi connectivity index (χ2v) is 7.99. The van der Waals surface area contributed by atoms with Gasteiger partial charge in [-0.25, -0.2) is 0 Å². The summed E-state index contributed by atoms with van der Waals surface area (Å²) in [6.07, 6.45) is 0.781. The minimum Gasteiger partial charge on any atom is -0.497 e. The van der Waals surface area contributed by atoms with Crippen LogP contribution in [0.25, 0.3) is 0 Å². The molecule has 2 amide bonds. The van der Waals surface area contributed by atoms with Gasteiger partial charge < -0.3 is 19.7 Å². The number of halogens is 2. The number of amides is 2. The average Bonchev–Trinajstić information content (AvgIpc) is 2.77. The molecule has 0 aliphatic carbocycles. The van der Waals surface area contributed by atoms with Gasteiger partial charge in [-0.15, -0.1) is 0 Å². The van der Waals surface area contributed by atoms with E-state index in [1.165, 1.54) is 4.90 Å². The predicted molar refractivity (Wildman–Crippen MR) is 123 cm³/mol. The number of rotatable bonds is 10. The molecular formula is C23H28Cl2N2O4. The lowest BCUT2D eigenvalue weighted by atomic mass is 10.1. The van der Waals surface area contributed by atoms with Crippen molar-refractivity contribution in [1.29, 1.82) is 0 Å². The van der Waals surface area contributed by atoms with Gasteiger partial charge in [0.1, 0.15) is 17.5 Å². The molecule has 0 spiro atoms. The van der Waals surface area contributed by atoms with Crippen molar-refractivity contribution in [3.8, 4) is 11.5 Å². The number of nitrogens with zero attached hydrogens (tertiary/aromatic N) is 1. The molecule has 0 radical (unpaired) electrons. The van der Waals surface area contributed by atoms with Crippen LogP contribution in [-0.2, 0) is 16.1 Å². The van der Waals surface area contributed by atoms with E-state index in [0.29, 0.717) is 27.1 Å². The molecular weight excluding hydrogens is 439 g/mol. The van der Waals surface area contributed by atoms with Crippen molar-refractivity contribution in [2.45, 2.75) is 45.8 Å². The highest BCUT2D eigenvalue weighted by atomic mass is 35.5. The van der Waals surface area contributed by atoms with Gasteiger partial charge >= 0.3 is 0 Å². The monoisotopic (exact) mass is 466 g/mol. The summed E-state index contributed by atoms with van der Waals surface area (Å²) >= 11 is 12.6. The summed E-state index contributed by atoms with van der Waals surface area (Å²) in [6, 6.07) is 11.3. The highest BCUT2D eigenvalue weighted by Crippen LogP contribution is 2.27. The molecule has 0 aliphatic rings. The Morgan fingerprint density at radius 1 is 1.03 bits per heavy atom. The van der Waals surface area contributed by atoms with E-state index in [0.717, 1.165) is 6.42 Å². The second-order valence-electron chi connectivity index (χ2n) is 7.18. The van der Waals surface area contributed by atoms with Crippen LogP contribution in [0.15, 0.2) is 42.5 Å². The Bertz CT molecular complexity index is 869. The second kappa shape index (κ2) is 11.8. The van der Waals surface area contributed by atoms with E-state index in [2.05, 4.69) is 5.32 Å². The maximum Gasteiger partial charge on any atom is 0.261 e. The third kappa shape index (κ3) is 7.04. The predicted octanol–water partition coefficient (Wildman–Crippen LogP) is 4.71. The lowest BCUT2D eigenvalue weighted by molar-refractivity contribution is -0.142. The van der Waals surface area contributed by atoms with Gasteiger partial charge in [-0.05, 0) is 56.7 Å². The van der Waals surface area contributed by atoms with Gasteiger partial charge in [0.25, 0.3) is 5.91 Å². The van der Waals surface area contributed by atoms with Crippen LogP contribution in [0, 0.1) is 0 Å². The van der Waals surface area contributed by atoms with Crippen LogP contribution < -0.4 is 14.8 Å². The molecule has 0 unspecified atom stereocenters. The SMILES string of the molecule is CC[C@H](C)NC(=O)[C@H](C)N(Cc1c(Cl)cccc1Cl)C(=O)COc1ccc(OC)cc1. The molecule has 6 nitrogen and oxygen atoms in total. The third-order valence-electron chi connectivity index (χ3n) is 4.98. The zero-order valence-electron chi connectivity index (χ0n) is 18.2. The number of ether oxygens (including phenoxy) is 2. The van der Waals surface area contributed by atoms with E-state index in [1.54, 1.807) is 56.5 Å². The molecule has 1 N–H and O–H groups in total. The molecule has 0 aliphatic heterocycles. The highest BCUT2D eigenvalue weighted by molar-refractivity contribution is 6.36. The van der Waals surface area contributed by atoms with E-state index in [1.807, 2.05) is 13.8 Å². The topological polar surface area (TPSA) is 67.9 Å². The number of benzene rings is 2. The number of methoxy groups -OCH3 is 1. The lowest BCUT2D eigenvalue weighted by Gasteiger charge is -2.30. The van der Waals surface area contributed by atoms with Crippen molar-refractivity contribution in [3.63, 3.8) is 0 Å². The van der Waals surface area contributed by atoms with E-state index in [-0.39, 0.29) is 31.0 Å². The first-order valence-corrected chi connectivity index (χ1v) is 10.8. The van der Waals surface area contributed by atoms with Crippen molar-refractivity contribution in [1.82, 2.24) is 10.2 Å². The van der Waals surface area contributed by atoms with Gasteiger partial charge in [-0.3, -0.25) is 9.59 Å². The largest absolute Gasteiger partial charge is 0.497 e. The van der Waals surface area contributed by atoms with Gasteiger partial charge in [0.2, 0.25) is 5.91 Å². The molecule has 0 aromatic heterocycles. The fraction of sp³-hybridized carbons (Fsp3) is 0.391. The summed E-state index contributed by atoms with van der Waals surface area (Å²) in [5, 5.41) is 3.77. The summed E-state index contributed by atoms with van der Waals surface area (Å²) in [6.45, 7) is 5.40. The quantitative estimate of drug-likeness (QED) is 0.550. The molecule has 31 heavy (non-hydrogen) atoms. The number of hydrogen-bond donors (Lipinski definition) is 1. The van der Waals surface area contributed by atoms with Crippen LogP contribution in [0.1, 0.15) is 32.8 Å². The van der Waals surface area contributed by atoms with Crippen LogP contribution in [-0.4, -0.2) is 42.5 Å². The Morgan fingerprint density at radius 3 is 2.16 bits per heavy atom. The Balaban J connectivity index is 2.20. The lowest BCUT2D eigenvalue weighted by Crippen LogP contribution is -2.50. The van der Waals surface area contributed by atoms with Crippen LogP contribution >= 0.6 is 23.2 Å². The summed E-state index contributed by atoms with van der Waals surface area (Å²) < 4.78 is 10.8. The number of hydrogen-bond acceptors (Lipinski definition) is 4. The van der Waals surface area contributed by atoms with Gasteiger partial charge in [-0.1, -0.05) is 36.2 Å². The fourth-order valence-corrected chi connectivity index (χ4v) is 3.32. The van der Waals surface area contributed by atoms with Gasteiger partial charge in [0, 0.05) is 28.2 Å². The third-order valence-corrected chi connectivity index (χ3v) is 5.69. The molecule has 168 valence electrons. The summed E-state index contributed by atoms with van der Waals surface area (Å²) in [7, 11) is 1.57. The van der Waals surface area contributed by atoms with E-state index in [4.69, 9.17) is 32.7 Å². The van der Waals surface area contributed by atoms with E-state index < -0.39 is 6.04 Å². The molecule has 2 rings (SSSR count). The van der Waals surface area contributed by atoms with Gasteiger partial charge in [0.05, 0.1) is 7.11 Å². The standard InChI is InChI=1S/C23H28Cl2N2O4/c1-5-15(2)26-23(29)16(3)27(13-19-20(24)7-6-8-21(19)25)22(28)14-31-18-11-9-17(30-4)10-12-18/h6-12,15-16H,5,13-14H2,1-4H3,(H,26,29)/t15-,16-/m0/s1. The summed E-state index contributed by atoms with van der Waals surface area (Å²) in [5.74, 6) is 0.583. The molecule has 2 atom stereocenters. The van der Waals surface area contributed by atoms with Crippen LogP contribution in [0.5, 0.6) is 11.5 Å². The first-order valence-electron chi connectivity index (χ1n) is 10.1. The van der Waals surface area contributed by atoms with Crippen LogP contribution in [0.4, 0.5) is 0 Å². The summed E-state index contributed by atoms with van der Waals surface area (Å²) in [5.41, 5.74) is 0.576. The number of nitrogens with one attached hydrogen (secondary N) is 1. The summed E-state index contributed by atoms with van der Waals surface area (Å²) in [4.78, 5) is 27.2. The molecule has 2 aromatic carbocycles. The fourth-order valence-electron chi connectivity index (χ4n) is 2.80. The van der Waals surface area contributed by atoms with Crippen molar-refractivity contribution >= 4 is 35.0 Å². The van der Waals surface area contributed by atoms with Crippen molar-refractivity contribution in [2.24, 2.45) is 0 Å². The molecule has 0 saturated heterocycles. The smallest absolute Gasteiger partial charge is 0.261 e. The van der Waals surface area contributed by atoms with Crippen molar-refractivity contribution in [2.75, 3.05) is 13.7 Å². The van der Waals surface area contributed by atoms with Crippen LogP contribution in [0.2, 0.25) is 10.0 Å². The molecule has 8 heteroatoms. The van der Waals surface area contributed by atoms with Crippen molar-refractivity contribution < 1.29 is 19.1 Å².